The lowest BCUT2D eigenvalue weighted by atomic mass is 9.49. The van der Waals surface area contributed by atoms with Crippen LogP contribution in [-0.4, -0.2) is 58.4 Å². The highest BCUT2D eigenvalue weighted by Crippen LogP contribution is 2.87. The average Bonchev–Trinajstić information content (AvgIpc) is 1.38. The lowest BCUT2D eigenvalue weighted by Gasteiger charge is -2.50. The molecule has 4 aliphatic carbocycles. The van der Waals surface area contributed by atoms with Gasteiger partial charge in [-0.05, 0) is 371 Å². The molecule has 7 aliphatic rings. The fourth-order valence-corrected chi connectivity index (χ4v) is 33.3. The van der Waals surface area contributed by atoms with E-state index < -0.39 is 10.8 Å². The first kappa shape index (κ1) is 52.1. The number of likely N-dealkylation sites (tertiary alicyclic amines) is 1. The van der Waals surface area contributed by atoms with Crippen molar-refractivity contribution in [3.05, 3.63) is 117 Å². The molecule has 32 aromatic carbocycles. The number of nitrogens with one attached hydrogen (secondary N) is 2. The van der Waals surface area contributed by atoms with Crippen LogP contribution in [-0.2, 0) is 27.1 Å². The number of likely N-dealkylation sites (N-methyl/N-ethyl adjacent to an activating group) is 1. The van der Waals surface area contributed by atoms with Gasteiger partial charge in [-0.25, -0.2) is 29.9 Å². The van der Waals surface area contributed by atoms with E-state index in [1.807, 2.05) is 0 Å². The zero-order valence-electron chi connectivity index (χ0n) is 63.8. The Bertz CT molecular complexity index is 11100. The first-order valence-corrected chi connectivity index (χ1v) is 42.3. The summed E-state index contributed by atoms with van der Waals surface area (Å²) in [4.78, 5) is 45.6. The van der Waals surface area contributed by atoms with Crippen molar-refractivity contribution >= 4 is 335 Å². The molecular formula is C107H47N9. The highest BCUT2D eigenvalue weighted by Gasteiger charge is 2.76. The first-order valence-electron chi connectivity index (χ1n) is 42.3. The van der Waals surface area contributed by atoms with Crippen molar-refractivity contribution in [1.82, 2.24) is 44.8 Å². The standard InChI is InChI=1S/C107H47N9/c1-103(2,3)25-18-20-27-31(22-25)100-110-96(27)108-95-26-19-17-24(21-30(26)99(109-95)111-97-28-13-11-15-32(104(4,5)6)34(28)101(112-97)113-98-29-14-12-16-33(105(7,8)9)35(29)102(114-98)115-100)94-107-92-85-77-65-57-48-39-37-36-38-42(39)51-58-56-47(38)49-45-40(36)43-44-41(37)46-50(48)63(65)71-69-55(46)53(44)61-60-52(43)54(45)68-70-62(49)64(56)76-78-66(58)67(59(51)57)79(77)88(92)87(78)90-83(76)81(70)84-74(68)72(60)80-73(61)75(69)86(82(71)85)93(107)89(80)91(84)106(90,107)23-116(94)10/h11-22,94H,23H2,1-10H3,(H2,108,109,110,111,112,113,114,115). The van der Waals surface area contributed by atoms with Crippen LogP contribution < -0.4 is 0 Å². The van der Waals surface area contributed by atoms with Crippen LogP contribution in [0.2, 0.25) is 0 Å². The molecule has 1 fully saturated rings. The topological polar surface area (TPSA) is 112 Å². The molecule has 35 aromatic rings. The lowest BCUT2D eigenvalue weighted by molar-refractivity contribution is 0.272. The quantitative estimate of drug-likeness (QED) is 0.157. The molecule has 9 nitrogen and oxygen atoms in total. The van der Waals surface area contributed by atoms with Crippen LogP contribution in [0.1, 0.15) is 113 Å². The van der Waals surface area contributed by atoms with Gasteiger partial charge in [0.1, 0.15) is 22.6 Å². The van der Waals surface area contributed by atoms with E-state index in [9.17, 15) is 0 Å². The Morgan fingerprint density at radius 1 is 0.284 bits per heavy atom. The van der Waals surface area contributed by atoms with Gasteiger partial charge in [0.25, 0.3) is 0 Å². The second-order valence-corrected chi connectivity index (χ2v) is 42.2. The highest BCUT2D eigenvalue weighted by atomic mass is 15.2. The van der Waals surface area contributed by atoms with Crippen LogP contribution in [0.3, 0.4) is 0 Å². The molecule has 0 radical (unpaired) electrons. The summed E-state index contributed by atoms with van der Waals surface area (Å²) in [6, 6.07) is 27.6. The number of rotatable bonds is 1. The summed E-state index contributed by atoms with van der Waals surface area (Å²) in [5.41, 5.74) is 16.7. The summed E-state index contributed by atoms with van der Waals surface area (Å²) >= 11 is 0. The van der Waals surface area contributed by atoms with Crippen LogP contribution in [0.4, 0.5) is 0 Å². The van der Waals surface area contributed by atoms with Crippen LogP contribution >= 0.6 is 0 Å². The van der Waals surface area contributed by atoms with Crippen molar-refractivity contribution in [3.63, 3.8) is 0 Å². The molecule has 2 N–H and O–H groups in total. The van der Waals surface area contributed by atoms with Crippen LogP contribution in [0.25, 0.3) is 381 Å². The van der Waals surface area contributed by atoms with E-state index in [-0.39, 0.29) is 22.3 Å². The molecule has 116 heavy (non-hydrogen) atoms. The van der Waals surface area contributed by atoms with Gasteiger partial charge < -0.3 is 9.97 Å². The molecule has 42 rings (SSSR count). The summed E-state index contributed by atoms with van der Waals surface area (Å²) in [7, 11) is 2.57. The summed E-state index contributed by atoms with van der Waals surface area (Å²) in [5, 5.41) is 91.5. The predicted octanol–water partition coefficient (Wildman–Crippen LogP) is 27.1. The fraction of sp³-hybridized carbons (Fsp3) is 0.159. The fourth-order valence-electron chi connectivity index (χ4n) is 33.3. The minimum Gasteiger partial charge on any atom is -0.324 e. The van der Waals surface area contributed by atoms with Gasteiger partial charge in [-0.2, -0.15) is 0 Å². The van der Waals surface area contributed by atoms with E-state index >= 15 is 0 Å². The molecule has 2 spiro atoms. The number of aromatic nitrogens is 8. The van der Waals surface area contributed by atoms with E-state index in [0.717, 1.165) is 56.0 Å². The van der Waals surface area contributed by atoms with Crippen LogP contribution in [0.5, 0.6) is 0 Å². The number of fused-ring (bicyclic) bond motifs is 20. The minimum absolute atomic E-state index is 0.123. The third-order valence-electron chi connectivity index (χ3n) is 35.6. The molecule has 3 atom stereocenters. The van der Waals surface area contributed by atoms with E-state index in [0.29, 0.717) is 40.2 Å². The van der Waals surface area contributed by atoms with Gasteiger partial charge in [-0.1, -0.05) is 123 Å². The van der Waals surface area contributed by atoms with E-state index in [1.54, 1.807) is 313 Å². The average molecular weight is 1460 g/mol. The summed E-state index contributed by atoms with van der Waals surface area (Å²) < 4.78 is 0. The monoisotopic (exact) mass is 1460 g/mol. The molecule has 0 amide bonds. The van der Waals surface area contributed by atoms with Gasteiger partial charge in [0.2, 0.25) is 0 Å². The molecule has 8 bridgehead atoms. The summed E-state index contributed by atoms with van der Waals surface area (Å²) in [6.45, 7) is 21.6. The predicted molar refractivity (Wildman–Crippen MR) is 481 cm³/mol. The van der Waals surface area contributed by atoms with Crippen molar-refractivity contribution in [3.8, 4) is 45.6 Å². The van der Waals surface area contributed by atoms with Gasteiger partial charge in [-0.15, -0.1) is 0 Å². The smallest absolute Gasteiger partial charge is 0.165 e. The number of H-pyrrole nitrogens is 2. The Hall–Kier alpha value is -13.3. The van der Waals surface area contributed by atoms with E-state index in [4.69, 9.17) is 29.9 Å². The third kappa shape index (κ3) is 3.77. The van der Waals surface area contributed by atoms with Crippen molar-refractivity contribution in [2.45, 2.75) is 95.4 Å². The zero-order chi connectivity index (χ0) is 73.5. The van der Waals surface area contributed by atoms with Gasteiger partial charge >= 0.3 is 0 Å². The maximum atomic E-state index is 6.01. The first-order chi connectivity index (χ1) is 56.5. The number of hydrogen-bond donors (Lipinski definition) is 2. The normalized spacial score (nSPS) is 19.9. The highest BCUT2D eigenvalue weighted by molar-refractivity contribution is 6.82. The molecular weight excluding hydrogens is 1410 g/mol. The summed E-state index contributed by atoms with van der Waals surface area (Å²) in [5.74, 6) is 2.52. The third-order valence-corrected chi connectivity index (χ3v) is 35.6. The Balaban J connectivity index is 0.698. The Kier molecular flexibility index (Phi) is 6.00. The maximum absolute atomic E-state index is 6.01. The molecule has 3 aromatic heterocycles. The molecule has 9 heteroatoms. The molecule has 3 unspecified atom stereocenters. The van der Waals surface area contributed by atoms with Gasteiger partial charge in [0.15, 0.2) is 23.3 Å². The second kappa shape index (κ2) is 13.4. The van der Waals surface area contributed by atoms with Crippen LogP contribution in [0, 0.1) is 0 Å². The van der Waals surface area contributed by atoms with Crippen molar-refractivity contribution in [1.29, 1.82) is 0 Å². The van der Waals surface area contributed by atoms with E-state index in [2.05, 4.69) is 157 Å². The lowest BCUT2D eigenvalue weighted by Crippen LogP contribution is -2.50. The van der Waals surface area contributed by atoms with E-state index in [1.165, 1.54) is 22.3 Å². The Morgan fingerprint density at radius 3 is 1.13 bits per heavy atom. The number of benzene rings is 21. The second-order valence-electron chi connectivity index (χ2n) is 42.2. The minimum atomic E-state index is -0.575. The van der Waals surface area contributed by atoms with Crippen LogP contribution in [0.15, 0.2) is 72.8 Å². The van der Waals surface area contributed by atoms with Crippen molar-refractivity contribution < 1.29 is 0 Å². The number of aromatic amines is 2. The van der Waals surface area contributed by atoms with Crippen molar-refractivity contribution in [2.75, 3.05) is 13.6 Å². The van der Waals surface area contributed by atoms with Gasteiger partial charge in [-0.3, -0.25) is 4.90 Å². The number of nitrogens with zero attached hydrogens (tertiary/aromatic N) is 7. The Labute approximate surface area is 647 Å². The molecule has 0 saturated carbocycles. The molecule has 3 aliphatic heterocycles. The largest absolute Gasteiger partial charge is 0.324 e. The summed E-state index contributed by atoms with van der Waals surface area (Å²) in [6.07, 6.45) is 0. The molecule has 6 heterocycles. The molecule has 1 saturated heterocycles. The van der Waals surface area contributed by atoms with Crippen molar-refractivity contribution in [2.24, 2.45) is 0 Å². The van der Waals surface area contributed by atoms with Gasteiger partial charge in [0.05, 0.1) is 10.8 Å². The Morgan fingerprint density at radius 2 is 0.638 bits per heavy atom. The maximum Gasteiger partial charge on any atom is 0.165 e. The molecule has 520 valence electrons. The zero-order valence-corrected chi connectivity index (χ0v) is 63.8. The van der Waals surface area contributed by atoms with Gasteiger partial charge in [0, 0.05) is 56.4 Å². The number of hydrogen-bond acceptors (Lipinski definition) is 7. The SMILES string of the molecule is CN1CC23c4c5c6c7c8c9c(c%10c%11c2c2c%12c4c4c%13c5c5c7c7c8c8c%14c9c%10c9c%10c%11c2c2c%11c%12c4c4c%12c%13c5c5c7c7c8c8c%14c9c9c%10c2c2c%11c4c4c%12c5c7c5c8c9c2c45)C63C1c1ccc2c(c1)-c1nc-2nc2[nH]c(nc3nc(nc4[nH]c(n1)c1cccc(C(C)(C)C)c41)-c1cccc(C(C)(C)C)c1-3)c1cc(C(C)(C)C)ccc21.